The van der Waals surface area contributed by atoms with Crippen molar-refractivity contribution in [2.24, 2.45) is 5.92 Å². The van der Waals surface area contributed by atoms with Gasteiger partial charge in [0.2, 0.25) is 0 Å². The van der Waals surface area contributed by atoms with E-state index in [0.717, 1.165) is 0 Å². The fourth-order valence-corrected chi connectivity index (χ4v) is 1.98. The predicted molar refractivity (Wildman–Crippen MR) is 73.6 cm³/mol. The van der Waals surface area contributed by atoms with Gasteiger partial charge in [0.15, 0.2) is 0 Å². The van der Waals surface area contributed by atoms with E-state index in [1.165, 1.54) is 16.7 Å². The Bertz CT molecular complexity index is 413. The van der Waals surface area contributed by atoms with Gasteiger partial charge in [-0.2, -0.15) is 0 Å². The van der Waals surface area contributed by atoms with Crippen molar-refractivity contribution in [2.45, 2.75) is 46.7 Å². The molecule has 0 amide bonds. The monoisotopic (exact) mass is 249 g/mol. The Morgan fingerprint density at radius 2 is 2.00 bits per heavy atom. The van der Waals surface area contributed by atoms with Crippen LogP contribution in [0.4, 0.5) is 0 Å². The van der Waals surface area contributed by atoms with E-state index in [0.29, 0.717) is 18.9 Å². The second kappa shape index (κ2) is 6.55. The molecule has 18 heavy (non-hydrogen) atoms. The van der Waals surface area contributed by atoms with Gasteiger partial charge in [-0.3, -0.25) is 4.79 Å². The molecule has 100 valence electrons. The second-order valence-electron chi connectivity index (χ2n) is 5.26. The normalized spacial score (nSPS) is 12.7. The number of nitrogens with one attached hydrogen (secondary N) is 1. The van der Waals surface area contributed by atoms with E-state index in [4.69, 9.17) is 5.11 Å². The molecule has 0 radical (unpaired) electrons. The van der Waals surface area contributed by atoms with Crippen LogP contribution in [0.2, 0.25) is 0 Å². The highest BCUT2D eigenvalue weighted by molar-refractivity contribution is 5.73. The number of carboxylic acids is 1. The molecule has 1 rings (SSSR count). The van der Waals surface area contributed by atoms with Crippen LogP contribution in [0.25, 0.3) is 0 Å². The Morgan fingerprint density at radius 1 is 1.33 bits per heavy atom. The topological polar surface area (TPSA) is 49.3 Å². The molecule has 3 heteroatoms. The van der Waals surface area contributed by atoms with Gasteiger partial charge in [0.05, 0.1) is 0 Å². The van der Waals surface area contributed by atoms with Gasteiger partial charge in [0.25, 0.3) is 0 Å². The van der Waals surface area contributed by atoms with Crippen molar-refractivity contribution in [3.63, 3.8) is 0 Å². The summed E-state index contributed by atoms with van der Waals surface area (Å²) in [5.41, 5.74) is 3.65. The van der Waals surface area contributed by atoms with Crippen molar-refractivity contribution in [1.82, 2.24) is 5.32 Å². The molecule has 1 atom stereocenters. The van der Waals surface area contributed by atoms with Crippen LogP contribution in [-0.2, 0) is 11.3 Å². The average molecular weight is 249 g/mol. The Labute approximate surface area is 109 Å². The molecule has 0 aromatic heterocycles. The molecule has 0 fully saturated rings. The van der Waals surface area contributed by atoms with Gasteiger partial charge < -0.3 is 10.4 Å². The third-order valence-electron chi connectivity index (χ3n) is 3.26. The van der Waals surface area contributed by atoms with Crippen LogP contribution >= 0.6 is 0 Å². The van der Waals surface area contributed by atoms with Crippen LogP contribution in [0.3, 0.4) is 0 Å². The van der Waals surface area contributed by atoms with Gasteiger partial charge in [-0.1, -0.05) is 32.0 Å². The molecule has 0 aliphatic carbocycles. The lowest BCUT2D eigenvalue weighted by atomic mass is 10.0. The first kappa shape index (κ1) is 14.7. The summed E-state index contributed by atoms with van der Waals surface area (Å²) in [5.74, 6) is -0.397. The Morgan fingerprint density at radius 3 is 2.56 bits per heavy atom. The fraction of sp³-hybridized carbons (Fsp3) is 0.533. The largest absolute Gasteiger partial charge is 0.480 e. The second-order valence-corrected chi connectivity index (χ2v) is 5.26. The van der Waals surface area contributed by atoms with Crippen molar-refractivity contribution in [3.8, 4) is 0 Å². The standard InChI is InChI=1S/C15H23NO2/c1-10(2)8-14(15(17)18)16-9-13-7-5-6-11(3)12(13)4/h5-7,10,14,16H,8-9H2,1-4H3,(H,17,18)/t14-/m0/s1. The first-order chi connectivity index (χ1) is 8.41. The molecule has 1 aromatic rings. The van der Waals surface area contributed by atoms with Crippen LogP contribution in [0.5, 0.6) is 0 Å². The molecule has 0 saturated carbocycles. The first-order valence-electron chi connectivity index (χ1n) is 6.43. The van der Waals surface area contributed by atoms with E-state index in [9.17, 15) is 4.79 Å². The lowest BCUT2D eigenvalue weighted by Gasteiger charge is -2.17. The fourth-order valence-electron chi connectivity index (χ4n) is 1.98. The van der Waals surface area contributed by atoms with E-state index in [2.05, 4.69) is 25.2 Å². The molecular formula is C15H23NO2. The van der Waals surface area contributed by atoms with Crippen molar-refractivity contribution in [3.05, 3.63) is 34.9 Å². The van der Waals surface area contributed by atoms with Gasteiger partial charge in [-0.15, -0.1) is 0 Å². The zero-order chi connectivity index (χ0) is 13.7. The first-order valence-corrected chi connectivity index (χ1v) is 6.43. The number of benzene rings is 1. The average Bonchev–Trinajstić information content (AvgIpc) is 2.28. The van der Waals surface area contributed by atoms with Gasteiger partial charge >= 0.3 is 5.97 Å². The number of carboxylic acid groups (broad SMARTS) is 1. The molecule has 0 bridgehead atoms. The van der Waals surface area contributed by atoms with Gasteiger partial charge in [0, 0.05) is 6.54 Å². The summed E-state index contributed by atoms with van der Waals surface area (Å²) in [4.78, 5) is 11.1. The van der Waals surface area contributed by atoms with Crippen molar-refractivity contribution in [1.29, 1.82) is 0 Å². The Kier molecular flexibility index (Phi) is 5.35. The highest BCUT2D eigenvalue weighted by Crippen LogP contribution is 2.13. The number of aryl methyl sites for hydroxylation is 1. The molecule has 0 unspecified atom stereocenters. The van der Waals surface area contributed by atoms with E-state index in [1.807, 2.05) is 26.0 Å². The number of hydrogen-bond donors (Lipinski definition) is 2. The zero-order valence-electron chi connectivity index (χ0n) is 11.7. The summed E-state index contributed by atoms with van der Waals surface area (Å²) in [7, 11) is 0. The van der Waals surface area contributed by atoms with E-state index < -0.39 is 12.0 Å². The van der Waals surface area contributed by atoms with Crippen molar-refractivity contribution >= 4 is 5.97 Å². The summed E-state index contributed by atoms with van der Waals surface area (Å²) in [6.45, 7) is 8.83. The predicted octanol–water partition coefficient (Wildman–Crippen LogP) is 2.89. The van der Waals surface area contributed by atoms with Crippen LogP contribution in [0.15, 0.2) is 18.2 Å². The molecular weight excluding hydrogens is 226 g/mol. The maximum absolute atomic E-state index is 11.1. The van der Waals surface area contributed by atoms with Gasteiger partial charge in [-0.05, 0) is 42.9 Å². The van der Waals surface area contributed by atoms with Gasteiger partial charge in [-0.25, -0.2) is 0 Å². The van der Waals surface area contributed by atoms with E-state index >= 15 is 0 Å². The summed E-state index contributed by atoms with van der Waals surface area (Å²) >= 11 is 0. The van der Waals surface area contributed by atoms with Crippen LogP contribution in [0, 0.1) is 19.8 Å². The third kappa shape index (κ3) is 4.15. The summed E-state index contributed by atoms with van der Waals surface area (Å²) < 4.78 is 0. The van der Waals surface area contributed by atoms with Crippen molar-refractivity contribution in [2.75, 3.05) is 0 Å². The number of carbonyl (C=O) groups is 1. The molecule has 0 aliphatic rings. The van der Waals surface area contributed by atoms with Crippen LogP contribution in [0.1, 0.15) is 37.0 Å². The molecule has 0 spiro atoms. The Hall–Kier alpha value is -1.35. The molecule has 2 N–H and O–H groups in total. The van der Waals surface area contributed by atoms with E-state index in [-0.39, 0.29) is 0 Å². The smallest absolute Gasteiger partial charge is 0.320 e. The SMILES string of the molecule is Cc1cccc(CN[C@@H](CC(C)C)C(=O)O)c1C. The summed E-state index contributed by atoms with van der Waals surface area (Å²) in [6.07, 6.45) is 0.653. The Balaban J connectivity index is 2.67. The molecule has 3 nitrogen and oxygen atoms in total. The maximum Gasteiger partial charge on any atom is 0.320 e. The third-order valence-corrected chi connectivity index (χ3v) is 3.26. The minimum absolute atomic E-state index is 0.372. The number of aliphatic carboxylic acids is 1. The molecule has 0 saturated heterocycles. The summed E-state index contributed by atoms with van der Waals surface area (Å²) in [5, 5.41) is 12.3. The van der Waals surface area contributed by atoms with Crippen LogP contribution < -0.4 is 5.32 Å². The highest BCUT2D eigenvalue weighted by Gasteiger charge is 2.18. The number of rotatable bonds is 6. The molecule has 0 heterocycles. The quantitative estimate of drug-likeness (QED) is 0.815. The van der Waals surface area contributed by atoms with Crippen molar-refractivity contribution < 1.29 is 9.90 Å². The molecule has 1 aromatic carbocycles. The van der Waals surface area contributed by atoms with E-state index in [1.54, 1.807) is 0 Å². The molecule has 0 aliphatic heterocycles. The maximum atomic E-state index is 11.1. The minimum atomic E-state index is -0.769. The lowest BCUT2D eigenvalue weighted by molar-refractivity contribution is -0.140. The zero-order valence-corrected chi connectivity index (χ0v) is 11.7. The van der Waals surface area contributed by atoms with Crippen LogP contribution in [-0.4, -0.2) is 17.1 Å². The lowest BCUT2D eigenvalue weighted by Crippen LogP contribution is -2.37. The van der Waals surface area contributed by atoms with Gasteiger partial charge in [0.1, 0.15) is 6.04 Å². The highest BCUT2D eigenvalue weighted by atomic mass is 16.4. The summed E-state index contributed by atoms with van der Waals surface area (Å²) in [6, 6.07) is 5.66. The minimum Gasteiger partial charge on any atom is -0.480 e. The number of hydrogen-bond acceptors (Lipinski definition) is 2.